The predicted octanol–water partition coefficient (Wildman–Crippen LogP) is 5.68. The van der Waals surface area contributed by atoms with Crippen LogP contribution in [-0.2, 0) is 5.41 Å². The number of benzene rings is 1. The molecule has 0 saturated carbocycles. The largest absolute Gasteiger partial charge is 0.443 e. The Morgan fingerprint density at radius 2 is 2.12 bits per heavy atom. The molecule has 0 N–H and O–H groups in total. The lowest BCUT2D eigenvalue weighted by molar-refractivity contribution is 0.488. The molecular formula is C19H23ClN4OS. The average Bonchev–Trinajstić information content (AvgIpc) is 2.99. The molecule has 0 aliphatic carbocycles. The number of aryl methyl sites for hydroxylation is 1. The summed E-state index contributed by atoms with van der Waals surface area (Å²) in [6.45, 7) is 10.9. The second-order valence-corrected chi connectivity index (χ2v) is 8.19. The molecule has 0 fully saturated rings. The van der Waals surface area contributed by atoms with Gasteiger partial charge < -0.3 is 9.64 Å². The SMILES string of the molecule is CCN(C)C=Nc1cc(C)c(Oc2snc(C(C)(C)C)c2C#N)cc1Cl. The van der Waals surface area contributed by atoms with E-state index in [1.807, 2.05) is 52.6 Å². The molecular weight excluding hydrogens is 368 g/mol. The van der Waals surface area contributed by atoms with Crippen LogP contribution in [0.1, 0.15) is 44.5 Å². The van der Waals surface area contributed by atoms with Crippen molar-refractivity contribution in [3.05, 3.63) is 34.0 Å². The van der Waals surface area contributed by atoms with Gasteiger partial charge in [-0.25, -0.2) is 4.99 Å². The molecule has 0 atom stereocenters. The highest BCUT2D eigenvalue weighted by atomic mass is 35.5. The summed E-state index contributed by atoms with van der Waals surface area (Å²) in [7, 11) is 1.95. The van der Waals surface area contributed by atoms with Crippen LogP contribution < -0.4 is 4.74 Å². The van der Waals surface area contributed by atoms with Crippen molar-refractivity contribution in [2.75, 3.05) is 13.6 Å². The minimum Gasteiger partial charge on any atom is -0.443 e. The van der Waals surface area contributed by atoms with Crippen LogP contribution in [0.5, 0.6) is 10.8 Å². The minimum absolute atomic E-state index is 0.222. The van der Waals surface area contributed by atoms with Crippen LogP contribution in [0.3, 0.4) is 0 Å². The first kappa shape index (κ1) is 20.2. The molecule has 0 aliphatic rings. The van der Waals surface area contributed by atoms with Gasteiger partial charge in [0.15, 0.2) is 0 Å². The summed E-state index contributed by atoms with van der Waals surface area (Å²) in [5.41, 5.74) is 2.56. The molecule has 0 amide bonds. The summed E-state index contributed by atoms with van der Waals surface area (Å²) < 4.78 is 10.4. The fourth-order valence-electron chi connectivity index (χ4n) is 2.15. The maximum absolute atomic E-state index is 9.53. The first-order valence-electron chi connectivity index (χ1n) is 8.30. The first-order chi connectivity index (χ1) is 12.2. The Bertz CT molecular complexity index is 862. The highest BCUT2D eigenvalue weighted by molar-refractivity contribution is 7.08. The Morgan fingerprint density at radius 3 is 2.69 bits per heavy atom. The van der Waals surface area contributed by atoms with Crippen molar-refractivity contribution in [3.8, 4) is 16.9 Å². The standard InChI is InChI=1S/C19H23ClN4OS/c1-7-24(6)11-22-15-8-12(2)16(9-14(15)20)25-18-13(10-21)17(23-26-18)19(3,4)5/h8-9,11H,7H2,1-6H3. The van der Waals surface area contributed by atoms with E-state index in [0.717, 1.165) is 17.8 Å². The van der Waals surface area contributed by atoms with Crippen LogP contribution in [0.25, 0.3) is 0 Å². The summed E-state index contributed by atoms with van der Waals surface area (Å²) in [5.74, 6) is 0.596. The highest BCUT2D eigenvalue weighted by Gasteiger charge is 2.26. The van der Waals surface area contributed by atoms with E-state index >= 15 is 0 Å². The average molecular weight is 391 g/mol. The van der Waals surface area contributed by atoms with E-state index in [1.165, 1.54) is 11.5 Å². The van der Waals surface area contributed by atoms with Gasteiger partial charge >= 0.3 is 0 Å². The lowest BCUT2D eigenvalue weighted by atomic mass is 9.90. The number of nitrogens with zero attached hydrogens (tertiary/aromatic N) is 4. The number of hydrogen-bond donors (Lipinski definition) is 0. The molecule has 138 valence electrons. The predicted molar refractivity (Wildman–Crippen MR) is 108 cm³/mol. The Morgan fingerprint density at radius 1 is 1.42 bits per heavy atom. The van der Waals surface area contributed by atoms with Gasteiger partial charge in [0, 0.05) is 36.6 Å². The van der Waals surface area contributed by atoms with Crippen molar-refractivity contribution in [2.24, 2.45) is 4.99 Å². The van der Waals surface area contributed by atoms with Gasteiger partial charge in [-0.05, 0) is 25.5 Å². The van der Waals surface area contributed by atoms with Gasteiger partial charge in [0.2, 0.25) is 5.06 Å². The zero-order valence-electron chi connectivity index (χ0n) is 15.9. The van der Waals surface area contributed by atoms with E-state index in [1.54, 1.807) is 12.4 Å². The summed E-state index contributed by atoms with van der Waals surface area (Å²) >= 11 is 7.54. The Kier molecular flexibility index (Phi) is 6.27. The van der Waals surface area contributed by atoms with Gasteiger partial charge in [-0.2, -0.15) is 9.64 Å². The topological polar surface area (TPSA) is 61.5 Å². The molecule has 7 heteroatoms. The van der Waals surface area contributed by atoms with Crippen molar-refractivity contribution < 1.29 is 4.74 Å². The summed E-state index contributed by atoms with van der Waals surface area (Å²) in [5, 5.41) is 10.5. The molecule has 0 radical (unpaired) electrons. The maximum Gasteiger partial charge on any atom is 0.218 e. The lowest BCUT2D eigenvalue weighted by Crippen LogP contribution is -2.14. The summed E-state index contributed by atoms with van der Waals surface area (Å²) in [6, 6.07) is 5.82. The molecule has 2 rings (SSSR count). The van der Waals surface area contributed by atoms with Crippen LogP contribution in [0.2, 0.25) is 5.02 Å². The summed E-state index contributed by atoms with van der Waals surface area (Å²) in [6.07, 6.45) is 1.74. The van der Waals surface area contributed by atoms with Crippen molar-refractivity contribution in [3.63, 3.8) is 0 Å². The van der Waals surface area contributed by atoms with Gasteiger partial charge in [0.25, 0.3) is 0 Å². The van der Waals surface area contributed by atoms with Crippen LogP contribution >= 0.6 is 23.1 Å². The zero-order chi connectivity index (χ0) is 19.5. The van der Waals surface area contributed by atoms with Gasteiger partial charge in [0.1, 0.15) is 17.4 Å². The molecule has 1 aromatic heterocycles. The van der Waals surface area contributed by atoms with Gasteiger partial charge in [-0.3, -0.25) is 0 Å². The number of aliphatic imine (C=N–C) groups is 1. The normalized spacial score (nSPS) is 11.6. The summed E-state index contributed by atoms with van der Waals surface area (Å²) in [4.78, 5) is 6.37. The van der Waals surface area contributed by atoms with E-state index in [-0.39, 0.29) is 5.41 Å². The lowest BCUT2D eigenvalue weighted by Gasteiger charge is -2.15. The fraction of sp³-hybridized carbons (Fsp3) is 0.421. The molecule has 26 heavy (non-hydrogen) atoms. The van der Waals surface area contributed by atoms with Crippen LogP contribution in [-0.4, -0.2) is 29.2 Å². The van der Waals surface area contributed by atoms with E-state index in [2.05, 4.69) is 15.4 Å². The monoisotopic (exact) mass is 390 g/mol. The second kappa shape index (κ2) is 8.07. The molecule has 2 aromatic rings. The number of rotatable bonds is 5. The third-order valence-electron chi connectivity index (χ3n) is 3.82. The van der Waals surface area contributed by atoms with Crippen LogP contribution in [0.4, 0.5) is 5.69 Å². The van der Waals surface area contributed by atoms with E-state index in [4.69, 9.17) is 16.3 Å². The molecule has 1 heterocycles. The number of aromatic nitrogens is 1. The number of halogens is 1. The molecule has 1 aromatic carbocycles. The molecule has 5 nitrogen and oxygen atoms in total. The molecule has 0 saturated heterocycles. The van der Waals surface area contributed by atoms with E-state index < -0.39 is 0 Å². The fourth-order valence-corrected chi connectivity index (χ4v) is 3.26. The van der Waals surface area contributed by atoms with Gasteiger partial charge in [-0.1, -0.05) is 32.4 Å². The van der Waals surface area contributed by atoms with Crippen molar-refractivity contribution in [1.29, 1.82) is 5.26 Å². The third kappa shape index (κ3) is 4.54. The molecule has 0 bridgehead atoms. The first-order valence-corrected chi connectivity index (χ1v) is 9.45. The van der Waals surface area contributed by atoms with Gasteiger partial charge in [0.05, 0.1) is 22.7 Å². The smallest absolute Gasteiger partial charge is 0.218 e. The quantitative estimate of drug-likeness (QED) is 0.486. The Balaban J connectivity index is 2.35. The number of ether oxygens (including phenoxy) is 1. The number of hydrogen-bond acceptors (Lipinski definition) is 5. The second-order valence-electron chi connectivity index (χ2n) is 7.04. The number of nitriles is 1. The van der Waals surface area contributed by atoms with Gasteiger partial charge in [-0.15, -0.1) is 0 Å². The third-order valence-corrected chi connectivity index (χ3v) is 4.85. The van der Waals surface area contributed by atoms with E-state index in [0.29, 0.717) is 27.1 Å². The zero-order valence-corrected chi connectivity index (χ0v) is 17.5. The van der Waals surface area contributed by atoms with Crippen LogP contribution in [0, 0.1) is 18.3 Å². The minimum atomic E-state index is -0.222. The highest BCUT2D eigenvalue weighted by Crippen LogP contribution is 2.40. The van der Waals surface area contributed by atoms with E-state index in [9.17, 15) is 5.26 Å². The van der Waals surface area contributed by atoms with Crippen molar-refractivity contribution in [1.82, 2.24) is 9.27 Å². The molecule has 0 unspecified atom stereocenters. The van der Waals surface area contributed by atoms with Crippen molar-refractivity contribution in [2.45, 2.75) is 40.0 Å². The molecule has 0 aliphatic heterocycles. The molecule has 0 spiro atoms. The van der Waals surface area contributed by atoms with Crippen molar-refractivity contribution >= 4 is 35.2 Å². The Hall–Kier alpha value is -2.10. The maximum atomic E-state index is 9.53. The van der Waals surface area contributed by atoms with Crippen LogP contribution in [0.15, 0.2) is 17.1 Å². The Labute approximate surface area is 164 Å².